The van der Waals surface area contributed by atoms with Gasteiger partial charge in [-0.05, 0) is 0 Å². The van der Waals surface area contributed by atoms with E-state index in [1.165, 1.54) is 0 Å². The van der Waals surface area contributed by atoms with Crippen LogP contribution in [0.3, 0.4) is 0 Å². The number of nitrogens with one attached hydrogen (secondary N) is 7. The van der Waals surface area contributed by atoms with Crippen molar-refractivity contribution in [2.45, 2.75) is 34.8 Å². The Morgan fingerprint density at radius 1 is 0.826 bits per heavy atom. The minimum Gasteiger partial charge on any atom is -0.315 e. The van der Waals surface area contributed by atoms with Crippen LogP contribution in [0.25, 0.3) is 0 Å². The Labute approximate surface area is 157 Å². The van der Waals surface area contributed by atoms with Gasteiger partial charge in [0.25, 0.3) is 0 Å². The van der Waals surface area contributed by atoms with Crippen LogP contribution in [0.5, 0.6) is 0 Å². The highest BCUT2D eigenvalue weighted by atomic mass is 35.5. The molecule has 9 nitrogen and oxygen atoms in total. The van der Waals surface area contributed by atoms with Crippen LogP contribution < -0.4 is 48.7 Å². The van der Waals surface area contributed by atoms with E-state index in [4.69, 9.17) is 26.0 Å². The molecule has 11 N–H and O–H groups in total. The van der Waals surface area contributed by atoms with E-state index in [9.17, 15) is 0 Å². The maximum atomic E-state index is 7.17. The van der Waals surface area contributed by atoms with Crippen LogP contribution in [-0.4, -0.2) is 59.4 Å². The molecule has 2 saturated heterocycles. The minimum atomic E-state index is -0.372. The average Bonchev–Trinajstić information content (AvgIpc) is 2.59. The lowest BCUT2D eigenvalue weighted by atomic mass is 10.6. The molecule has 0 bridgehead atoms. The number of hydrogen-bond acceptors (Lipinski definition) is 11. The molecule has 2 rings (SSSR count). The summed E-state index contributed by atoms with van der Waals surface area (Å²) in [6.45, 7) is 1.74. The topological polar surface area (TPSA) is 136 Å². The quantitative estimate of drug-likeness (QED) is 0.110. The predicted molar refractivity (Wildman–Crippen MR) is 99.4 cm³/mol. The Balaban J connectivity index is 1.48. The second-order valence-electron chi connectivity index (χ2n) is 4.84. The lowest BCUT2D eigenvalue weighted by Gasteiger charge is -2.34. The molecule has 136 valence electrons. The number of alkyl halides is 2. The van der Waals surface area contributed by atoms with Crippen molar-refractivity contribution in [2.75, 3.05) is 24.6 Å². The summed E-state index contributed by atoms with van der Waals surface area (Å²) in [5.41, 5.74) is 3.94. The summed E-state index contributed by atoms with van der Waals surface area (Å²) in [4.78, 5) is 0. The standard InChI is InChI=1S/C10H25Cl2N9S2/c11-5-16-7(13)20-9(18-5)22-3-1-15-2-4-23-10-19-6(12)17-8(14)21-10/h5-10,15-21H,1-4,13-14H2/i/hD2. The summed E-state index contributed by atoms with van der Waals surface area (Å²) < 4.78 is 14.3. The molecule has 13 heteroatoms. The summed E-state index contributed by atoms with van der Waals surface area (Å²) >= 11 is 15.4. The summed E-state index contributed by atoms with van der Waals surface area (Å²) in [6.07, 6.45) is -0.660. The fourth-order valence-electron chi connectivity index (χ4n) is 1.97. The van der Waals surface area contributed by atoms with Gasteiger partial charge in [0.05, 0.1) is 0 Å². The Hall–Kier alpha value is 0.920. The van der Waals surface area contributed by atoms with Crippen LogP contribution in [-0.2, 0) is 0 Å². The third kappa shape index (κ3) is 8.23. The highest BCUT2D eigenvalue weighted by molar-refractivity contribution is 8.00. The first-order valence-corrected chi connectivity index (χ1v) is 10.2. The zero-order valence-electron chi connectivity index (χ0n) is 14.4. The monoisotopic (exact) mass is 407 g/mol. The lowest BCUT2D eigenvalue weighted by molar-refractivity contribution is 0.301. The maximum Gasteiger partial charge on any atom is 0.139 e. The molecule has 0 radical (unpaired) electrons. The molecule has 6 atom stereocenters. The zero-order valence-corrected chi connectivity index (χ0v) is 15.5. The predicted octanol–water partition coefficient (Wildman–Crippen LogP) is -2.30. The van der Waals surface area contributed by atoms with Crippen molar-refractivity contribution in [2.24, 2.45) is 11.5 Å². The molecule has 23 heavy (non-hydrogen) atoms. The van der Waals surface area contributed by atoms with Gasteiger partial charge in [0, 0.05) is 24.6 Å². The number of rotatable bonds is 10. The smallest absolute Gasteiger partial charge is 0.139 e. The Morgan fingerprint density at radius 2 is 1.30 bits per heavy atom. The summed E-state index contributed by atoms with van der Waals surface area (Å²) in [5, 5.41) is 21.8. The first kappa shape index (κ1) is 17.3. The van der Waals surface area contributed by atoms with E-state index in [1.54, 1.807) is 23.5 Å². The van der Waals surface area contributed by atoms with Gasteiger partial charge in [-0.25, -0.2) is 0 Å². The van der Waals surface area contributed by atoms with Crippen LogP contribution in [0.4, 0.5) is 0 Å². The molecule has 6 unspecified atom stereocenters. The summed E-state index contributed by atoms with van der Waals surface area (Å²) in [6, 6.07) is 0. The van der Waals surface area contributed by atoms with E-state index < -0.39 is 0 Å². The van der Waals surface area contributed by atoms with Crippen LogP contribution in [0.15, 0.2) is 0 Å². The third-order valence-electron chi connectivity index (χ3n) is 2.98. The molecule has 2 heterocycles. The molecule has 0 saturated carbocycles. The van der Waals surface area contributed by atoms with Crippen LogP contribution in [0.2, 0.25) is 2.82 Å². The van der Waals surface area contributed by atoms with Crippen molar-refractivity contribution < 1.29 is 2.82 Å². The van der Waals surface area contributed by atoms with Gasteiger partial charge in [0.15, 0.2) is 0 Å². The van der Waals surface area contributed by atoms with E-state index in [0.29, 0.717) is 0 Å². The van der Waals surface area contributed by atoms with E-state index in [2.05, 4.69) is 48.7 Å². The van der Waals surface area contributed by atoms with E-state index >= 15 is 0 Å². The first-order chi connectivity index (χ1) is 12.1. The van der Waals surface area contributed by atoms with Gasteiger partial charge in [0.1, 0.15) is 37.6 Å². The van der Waals surface area contributed by atoms with Crippen molar-refractivity contribution in [3.05, 3.63) is 0 Å². The van der Waals surface area contributed by atoms with Crippen LogP contribution >= 0.6 is 46.7 Å². The zero-order chi connectivity index (χ0) is 18.1. The van der Waals surface area contributed by atoms with E-state index in [1.807, 2.05) is 0 Å². The molecule has 0 aliphatic carbocycles. The van der Waals surface area contributed by atoms with Crippen LogP contribution in [0.1, 0.15) is 0 Å². The second kappa shape index (κ2) is 10.8. The SMILES string of the molecule is [2H]NC1NC(Cl)NC(SCCNCCSC2NC(Cl)NC(N[2H])N2)N1. The van der Waals surface area contributed by atoms with Crippen LogP contribution in [0, 0.1) is 0 Å². The molecule has 0 aromatic carbocycles. The fraction of sp³-hybridized carbons (Fsp3) is 1.00. The van der Waals surface area contributed by atoms with E-state index in [-0.39, 0.29) is 34.8 Å². The largest absolute Gasteiger partial charge is 0.315 e. The van der Waals surface area contributed by atoms with Gasteiger partial charge < -0.3 is 16.8 Å². The number of thioether (sulfide) groups is 2. The number of halogens is 2. The molecule has 2 aliphatic rings. The molecule has 0 aromatic heterocycles. The van der Waals surface area contributed by atoms with Gasteiger partial charge in [-0.2, -0.15) is 0 Å². The minimum absolute atomic E-state index is 0.0131. The van der Waals surface area contributed by atoms with Crippen molar-refractivity contribution in [1.29, 1.82) is 0 Å². The van der Waals surface area contributed by atoms with Crippen molar-refractivity contribution in [1.82, 2.24) is 37.2 Å². The lowest BCUT2D eigenvalue weighted by Crippen LogP contribution is -2.67. The molecular formula is C10H25Cl2N9S2. The number of nitrogens with two attached hydrogens (primary N) is 2. The fourth-order valence-corrected chi connectivity index (χ4v) is 4.54. The van der Waals surface area contributed by atoms with Gasteiger partial charge >= 0.3 is 0 Å². The first-order valence-electron chi connectivity index (χ1n) is 8.23. The molecule has 0 amide bonds. The Bertz CT molecular complexity index is 349. The average molecular weight is 408 g/mol. The van der Waals surface area contributed by atoms with Crippen molar-refractivity contribution >= 4 is 46.7 Å². The second-order valence-corrected chi connectivity index (χ2v) is 8.14. The van der Waals surface area contributed by atoms with Gasteiger partial charge in [-0.1, -0.05) is 23.2 Å². The number of hydrogen-bond donors (Lipinski definition) is 9. The third-order valence-corrected chi connectivity index (χ3v) is 5.58. The highest BCUT2D eigenvalue weighted by Gasteiger charge is 2.23. The molecule has 0 spiro atoms. The Kier molecular flexibility index (Phi) is 8.15. The van der Waals surface area contributed by atoms with Gasteiger partial charge in [0.2, 0.25) is 0 Å². The van der Waals surface area contributed by atoms with Gasteiger partial charge in [-0.15, -0.1) is 23.5 Å². The Morgan fingerprint density at radius 3 is 1.74 bits per heavy atom. The molecule has 2 aliphatic heterocycles. The van der Waals surface area contributed by atoms with Crippen molar-refractivity contribution in [3.8, 4) is 0 Å². The molecule has 0 aromatic rings. The normalized spacial score (nSPS) is 39.7. The van der Waals surface area contributed by atoms with E-state index in [0.717, 1.165) is 24.6 Å². The molecule has 2 fully saturated rings. The summed E-state index contributed by atoms with van der Waals surface area (Å²) in [7, 11) is 0. The highest BCUT2D eigenvalue weighted by Crippen LogP contribution is 2.10. The molecular weight excluding hydrogens is 381 g/mol. The summed E-state index contributed by atoms with van der Waals surface area (Å²) in [5.74, 6) is 1.81. The maximum absolute atomic E-state index is 7.17. The van der Waals surface area contributed by atoms with Crippen molar-refractivity contribution in [3.63, 3.8) is 0 Å². The van der Waals surface area contributed by atoms with Gasteiger partial charge in [-0.3, -0.25) is 31.9 Å².